The fourth-order valence-corrected chi connectivity index (χ4v) is 0.815. The van der Waals surface area contributed by atoms with Gasteiger partial charge in [-0.05, 0) is 6.92 Å². The number of hydrogen-bond donors (Lipinski definition) is 2. The SMILES string of the molecule is C#CCNn1cc(C)c(=O)[nH]c1=O. The van der Waals surface area contributed by atoms with Crippen LogP contribution < -0.4 is 16.7 Å². The van der Waals surface area contributed by atoms with Crippen LogP contribution in [0.15, 0.2) is 15.8 Å². The van der Waals surface area contributed by atoms with Crippen molar-refractivity contribution in [2.75, 3.05) is 12.0 Å². The molecule has 2 N–H and O–H groups in total. The van der Waals surface area contributed by atoms with Gasteiger partial charge < -0.3 is 5.43 Å². The number of hydrogen-bond acceptors (Lipinski definition) is 3. The highest BCUT2D eigenvalue weighted by Gasteiger charge is 1.97. The maximum absolute atomic E-state index is 11.1. The van der Waals surface area contributed by atoms with Crippen LogP contribution in [-0.2, 0) is 0 Å². The Kier molecular flexibility index (Phi) is 2.55. The summed E-state index contributed by atoms with van der Waals surface area (Å²) in [5, 5.41) is 0. The number of H-pyrrole nitrogens is 1. The van der Waals surface area contributed by atoms with Crippen molar-refractivity contribution in [1.29, 1.82) is 0 Å². The minimum Gasteiger partial charge on any atom is -0.310 e. The highest BCUT2D eigenvalue weighted by atomic mass is 16.2. The maximum Gasteiger partial charge on any atom is 0.346 e. The van der Waals surface area contributed by atoms with Crippen LogP contribution in [0.5, 0.6) is 0 Å². The third-order valence-corrected chi connectivity index (χ3v) is 1.47. The second-order valence-corrected chi connectivity index (χ2v) is 2.48. The molecule has 0 radical (unpaired) electrons. The zero-order valence-corrected chi connectivity index (χ0v) is 7.13. The van der Waals surface area contributed by atoms with Gasteiger partial charge >= 0.3 is 5.69 Å². The second kappa shape index (κ2) is 3.63. The molecule has 68 valence electrons. The van der Waals surface area contributed by atoms with Crippen LogP contribution in [0.2, 0.25) is 0 Å². The van der Waals surface area contributed by atoms with Gasteiger partial charge in [-0.1, -0.05) is 5.92 Å². The molecule has 0 aliphatic heterocycles. The molecule has 0 unspecified atom stereocenters. The van der Waals surface area contributed by atoms with Crippen molar-refractivity contribution in [3.8, 4) is 12.3 Å². The fourth-order valence-electron chi connectivity index (χ4n) is 0.815. The Morgan fingerprint density at radius 2 is 2.38 bits per heavy atom. The largest absolute Gasteiger partial charge is 0.346 e. The summed E-state index contributed by atoms with van der Waals surface area (Å²) in [7, 11) is 0. The summed E-state index contributed by atoms with van der Waals surface area (Å²) in [6.45, 7) is 1.83. The molecule has 0 saturated heterocycles. The van der Waals surface area contributed by atoms with Gasteiger partial charge in [0.2, 0.25) is 0 Å². The summed E-state index contributed by atoms with van der Waals surface area (Å²) in [5.41, 5.74) is 2.17. The van der Waals surface area contributed by atoms with Crippen LogP contribution in [0, 0.1) is 19.3 Å². The van der Waals surface area contributed by atoms with Gasteiger partial charge in [0.1, 0.15) is 0 Å². The predicted molar refractivity (Wildman–Crippen MR) is 49.1 cm³/mol. The van der Waals surface area contributed by atoms with Crippen LogP contribution in [0.25, 0.3) is 0 Å². The number of nitrogens with one attached hydrogen (secondary N) is 2. The molecule has 0 aliphatic carbocycles. The first kappa shape index (κ1) is 9.13. The van der Waals surface area contributed by atoms with E-state index >= 15 is 0 Å². The number of rotatable bonds is 2. The standard InChI is InChI=1S/C8H9N3O2/c1-3-4-9-11-5-6(2)7(12)10-8(11)13/h1,5,9H,4H2,2H3,(H,10,12,13). The van der Waals surface area contributed by atoms with Gasteiger partial charge in [0.15, 0.2) is 0 Å². The molecule has 1 aromatic rings. The molecule has 0 spiro atoms. The summed E-state index contributed by atoms with van der Waals surface area (Å²) in [5.74, 6) is 2.31. The summed E-state index contributed by atoms with van der Waals surface area (Å²) < 4.78 is 1.15. The van der Waals surface area contributed by atoms with Gasteiger partial charge in [0, 0.05) is 11.8 Å². The molecule has 0 fully saturated rings. The molecule has 5 heteroatoms. The highest BCUT2D eigenvalue weighted by Crippen LogP contribution is 1.79. The van der Waals surface area contributed by atoms with E-state index in [-0.39, 0.29) is 12.1 Å². The van der Waals surface area contributed by atoms with Crippen LogP contribution in [0.1, 0.15) is 5.56 Å². The molecule has 0 aromatic carbocycles. The average molecular weight is 179 g/mol. The van der Waals surface area contributed by atoms with Crippen LogP contribution in [0.4, 0.5) is 0 Å². The van der Waals surface area contributed by atoms with Gasteiger partial charge in [-0.3, -0.25) is 9.78 Å². The number of aromatic nitrogens is 2. The topological polar surface area (TPSA) is 66.9 Å². The summed E-state index contributed by atoms with van der Waals surface area (Å²) in [4.78, 5) is 24.1. The molecule has 13 heavy (non-hydrogen) atoms. The first-order chi connectivity index (χ1) is 6.15. The van der Waals surface area contributed by atoms with Crippen LogP contribution in [-0.4, -0.2) is 16.2 Å². The number of nitrogens with zero attached hydrogens (tertiary/aromatic N) is 1. The van der Waals surface area contributed by atoms with E-state index in [0.717, 1.165) is 4.68 Å². The lowest BCUT2D eigenvalue weighted by molar-refractivity contribution is 0.785. The Bertz CT molecular complexity index is 450. The summed E-state index contributed by atoms with van der Waals surface area (Å²) in [6, 6.07) is 0. The van der Waals surface area contributed by atoms with Crippen molar-refractivity contribution in [3.05, 3.63) is 32.6 Å². The normalized spacial score (nSPS) is 9.23. The van der Waals surface area contributed by atoms with E-state index in [2.05, 4.69) is 16.3 Å². The quantitative estimate of drug-likeness (QED) is 0.573. The average Bonchev–Trinajstić information content (AvgIpc) is 2.09. The minimum atomic E-state index is -0.522. The van der Waals surface area contributed by atoms with Crippen molar-refractivity contribution in [3.63, 3.8) is 0 Å². The summed E-state index contributed by atoms with van der Waals surface area (Å²) in [6.07, 6.45) is 6.40. The zero-order chi connectivity index (χ0) is 9.84. The maximum atomic E-state index is 11.1. The predicted octanol–water partition coefficient (Wildman–Crippen LogP) is -0.978. The zero-order valence-electron chi connectivity index (χ0n) is 7.13. The van der Waals surface area contributed by atoms with Crippen LogP contribution in [0.3, 0.4) is 0 Å². The third-order valence-electron chi connectivity index (χ3n) is 1.47. The molecular weight excluding hydrogens is 170 g/mol. The molecule has 0 bridgehead atoms. The minimum absolute atomic E-state index is 0.228. The van der Waals surface area contributed by atoms with Crippen molar-refractivity contribution in [1.82, 2.24) is 9.66 Å². The number of aryl methyl sites for hydroxylation is 1. The van der Waals surface area contributed by atoms with Gasteiger partial charge in [0.25, 0.3) is 5.56 Å². The van der Waals surface area contributed by atoms with Crippen LogP contribution >= 0.6 is 0 Å². The van der Waals surface area contributed by atoms with Crippen molar-refractivity contribution < 1.29 is 0 Å². The Morgan fingerprint density at radius 1 is 1.69 bits per heavy atom. The molecular formula is C8H9N3O2. The fraction of sp³-hybridized carbons (Fsp3) is 0.250. The van der Waals surface area contributed by atoms with E-state index in [1.807, 2.05) is 0 Å². The van der Waals surface area contributed by atoms with Crippen molar-refractivity contribution >= 4 is 0 Å². The van der Waals surface area contributed by atoms with Gasteiger partial charge in [-0.15, -0.1) is 6.42 Å². The molecule has 1 rings (SSSR count). The second-order valence-electron chi connectivity index (χ2n) is 2.48. The lowest BCUT2D eigenvalue weighted by Crippen LogP contribution is -2.36. The number of aromatic amines is 1. The van der Waals surface area contributed by atoms with Gasteiger partial charge in [-0.2, -0.15) is 0 Å². The summed E-state index contributed by atoms with van der Waals surface area (Å²) >= 11 is 0. The van der Waals surface area contributed by atoms with E-state index in [0.29, 0.717) is 5.56 Å². The third kappa shape index (κ3) is 1.99. The molecule has 0 atom stereocenters. The Labute approximate surface area is 74.4 Å². The molecule has 1 aromatic heterocycles. The van der Waals surface area contributed by atoms with E-state index < -0.39 is 5.69 Å². The monoisotopic (exact) mass is 179 g/mol. The lowest BCUT2D eigenvalue weighted by atomic mass is 10.4. The van der Waals surface area contributed by atoms with Gasteiger partial charge in [0.05, 0.1) is 6.54 Å². The first-order valence-corrected chi connectivity index (χ1v) is 3.65. The van der Waals surface area contributed by atoms with E-state index in [9.17, 15) is 9.59 Å². The molecule has 1 heterocycles. The number of terminal acetylenes is 1. The van der Waals surface area contributed by atoms with Crippen molar-refractivity contribution in [2.24, 2.45) is 0 Å². The Balaban J connectivity index is 3.11. The first-order valence-electron chi connectivity index (χ1n) is 3.65. The lowest BCUT2D eigenvalue weighted by Gasteiger charge is -2.05. The van der Waals surface area contributed by atoms with E-state index in [1.165, 1.54) is 6.20 Å². The van der Waals surface area contributed by atoms with E-state index in [1.54, 1.807) is 6.92 Å². The van der Waals surface area contributed by atoms with E-state index in [4.69, 9.17) is 6.42 Å². The molecule has 5 nitrogen and oxygen atoms in total. The molecule has 0 saturated carbocycles. The van der Waals surface area contributed by atoms with Crippen molar-refractivity contribution in [2.45, 2.75) is 6.92 Å². The molecule has 0 aliphatic rings. The Morgan fingerprint density at radius 3 is 3.00 bits per heavy atom. The smallest absolute Gasteiger partial charge is 0.310 e. The Hall–Kier alpha value is -1.96. The molecule has 0 amide bonds. The van der Waals surface area contributed by atoms with Gasteiger partial charge in [-0.25, -0.2) is 9.47 Å². The highest BCUT2D eigenvalue weighted by molar-refractivity contribution is 5.03.